The molecule has 5 heterocycles. The van der Waals surface area contributed by atoms with Gasteiger partial charge in [-0.15, -0.1) is 0 Å². The molecular weight excluding hydrogens is 600 g/mol. The number of fused-ring (bicyclic) bond motifs is 2. The standard InChI is InChI=1S/C35H34N6O6/c42-29-11-10-26(33(44)39-29)41-34(45)24-7-3-8-25(31(24)35(41)46)37-18-21-12-15-40(16-13-21)20-30(43)38-32(23-6-4-14-36-19-23)28-17-22-5-1-2-9-27(22)47-28/h1-9,14,17,19,21,26,32,37H,10-13,15-16,18,20H2,(H,38,43)(H,39,42,44). The zero-order chi connectivity index (χ0) is 32.5. The number of para-hydroxylation sites is 1. The Bertz CT molecular complexity index is 1830. The van der Waals surface area contributed by atoms with Crippen LogP contribution in [-0.2, 0) is 14.4 Å². The van der Waals surface area contributed by atoms with E-state index >= 15 is 0 Å². The van der Waals surface area contributed by atoms with Crippen LogP contribution in [0.3, 0.4) is 0 Å². The van der Waals surface area contributed by atoms with Crippen LogP contribution in [0.1, 0.15) is 63.8 Å². The molecule has 2 unspecified atom stereocenters. The van der Waals surface area contributed by atoms with E-state index in [2.05, 4.69) is 25.8 Å². The summed E-state index contributed by atoms with van der Waals surface area (Å²) < 4.78 is 6.10. The molecule has 2 aromatic carbocycles. The van der Waals surface area contributed by atoms with Crippen LogP contribution in [0.5, 0.6) is 0 Å². The van der Waals surface area contributed by atoms with Gasteiger partial charge in [-0.25, -0.2) is 0 Å². The second kappa shape index (κ2) is 12.8. The van der Waals surface area contributed by atoms with Crippen LogP contribution < -0.4 is 16.0 Å². The van der Waals surface area contributed by atoms with Crippen molar-refractivity contribution in [3.8, 4) is 0 Å². The van der Waals surface area contributed by atoms with Gasteiger partial charge in [0.05, 0.1) is 17.7 Å². The Morgan fingerprint density at radius 2 is 1.81 bits per heavy atom. The predicted molar refractivity (Wildman–Crippen MR) is 171 cm³/mol. The summed E-state index contributed by atoms with van der Waals surface area (Å²) in [4.78, 5) is 71.2. The molecule has 3 N–H and O–H groups in total. The molecule has 47 heavy (non-hydrogen) atoms. The predicted octanol–water partition coefficient (Wildman–Crippen LogP) is 3.26. The number of amides is 5. The highest BCUT2D eigenvalue weighted by atomic mass is 16.3. The third kappa shape index (κ3) is 6.11. The number of carbonyl (C=O) groups is 5. The minimum absolute atomic E-state index is 0.0711. The van der Waals surface area contributed by atoms with Crippen molar-refractivity contribution in [3.05, 3.63) is 95.5 Å². The van der Waals surface area contributed by atoms with Crippen LogP contribution in [0.15, 0.2) is 77.5 Å². The van der Waals surface area contributed by atoms with Crippen molar-refractivity contribution in [2.24, 2.45) is 5.92 Å². The van der Waals surface area contributed by atoms with Gasteiger partial charge in [0.1, 0.15) is 23.4 Å². The Morgan fingerprint density at radius 1 is 0.979 bits per heavy atom. The summed E-state index contributed by atoms with van der Waals surface area (Å²) in [6, 6.07) is 17.0. The molecular formula is C35H34N6O6. The van der Waals surface area contributed by atoms with Gasteiger partial charge >= 0.3 is 0 Å². The molecule has 0 bridgehead atoms. The van der Waals surface area contributed by atoms with E-state index in [0.717, 1.165) is 47.4 Å². The quantitative estimate of drug-likeness (QED) is 0.236. The number of piperidine rings is 2. The van der Waals surface area contributed by atoms with Crippen LogP contribution in [0.25, 0.3) is 11.0 Å². The number of aromatic nitrogens is 1. The van der Waals surface area contributed by atoms with E-state index in [9.17, 15) is 24.0 Å². The first-order valence-corrected chi connectivity index (χ1v) is 15.8. The summed E-state index contributed by atoms with van der Waals surface area (Å²) in [6.07, 6.45) is 5.30. The highest BCUT2D eigenvalue weighted by Gasteiger charge is 2.45. The summed E-state index contributed by atoms with van der Waals surface area (Å²) in [5, 5.41) is 9.70. The molecule has 12 nitrogen and oxygen atoms in total. The van der Waals surface area contributed by atoms with Crippen molar-refractivity contribution < 1.29 is 28.4 Å². The minimum Gasteiger partial charge on any atom is -0.459 e. The molecule has 3 aliphatic rings. The normalized spacial score (nSPS) is 19.5. The molecule has 240 valence electrons. The first kappa shape index (κ1) is 30.3. The molecule has 12 heteroatoms. The van der Waals surface area contributed by atoms with Crippen molar-refractivity contribution in [1.82, 2.24) is 25.4 Å². The number of anilines is 1. The lowest BCUT2D eigenvalue weighted by Gasteiger charge is -2.32. The lowest BCUT2D eigenvalue weighted by atomic mass is 9.96. The smallest absolute Gasteiger partial charge is 0.264 e. The zero-order valence-electron chi connectivity index (χ0n) is 25.6. The van der Waals surface area contributed by atoms with Gasteiger partial charge < -0.3 is 15.1 Å². The summed E-state index contributed by atoms with van der Waals surface area (Å²) >= 11 is 0. The molecule has 0 radical (unpaired) electrons. The number of rotatable bonds is 9. The molecule has 3 aliphatic heterocycles. The van der Waals surface area contributed by atoms with E-state index < -0.39 is 35.7 Å². The molecule has 5 amide bonds. The second-order valence-corrected chi connectivity index (χ2v) is 12.2. The molecule has 0 aliphatic carbocycles. The summed E-state index contributed by atoms with van der Waals surface area (Å²) in [6.45, 7) is 2.30. The number of hydrogen-bond acceptors (Lipinski definition) is 9. The maximum Gasteiger partial charge on any atom is 0.264 e. The molecule has 4 aromatic rings. The van der Waals surface area contributed by atoms with E-state index in [0.29, 0.717) is 23.9 Å². The van der Waals surface area contributed by atoms with Gasteiger partial charge in [0.15, 0.2) is 0 Å². The zero-order valence-corrected chi connectivity index (χ0v) is 25.6. The lowest BCUT2D eigenvalue weighted by Crippen LogP contribution is -2.54. The van der Waals surface area contributed by atoms with Gasteiger partial charge in [0, 0.05) is 42.0 Å². The average molecular weight is 635 g/mol. The van der Waals surface area contributed by atoms with Crippen LogP contribution >= 0.6 is 0 Å². The number of imide groups is 2. The van der Waals surface area contributed by atoms with E-state index in [-0.39, 0.29) is 36.4 Å². The number of hydrogen-bond donors (Lipinski definition) is 3. The third-order valence-corrected chi connectivity index (χ3v) is 9.18. The molecule has 7 rings (SSSR count). The van der Waals surface area contributed by atoms with Crippen molar-refractivity contribution in [2.75, 3.05) is 31.5 Å². The van der Waals surface area contributed by atoms with Gasteiger partial charge in [-0.1, -0.05) is 30.3 Å². The molecule has 2 saturated heterocycles. The van der Waals surface area contributed by atoms with E-state index in [4.69, 9.17) is 4.42 Å². The summed E-state index contributed by atoms with van der Waals surface area (Å²) in [7, 11) is 0. The third-order valence-electron chi connectivity index (χ3n) is 9.18. The van der Waals surface area contributed by atoms with E-state index in [1.54, 1.807) is 30.6 Å². The fourth-order valence-corrected chi connectivity index (χ4v) is 6.69. The van der Waals surface area contributed by atoms with Crippen molar-refractivity contribution >= 4 is 46.2 Å². The largest absolute Gasteiger partial charge is 0.459 e. The fourth-order valence-electron chi connectivity index (χ4n) is 6.69. The minimum atomic E-state index is -1.01. The molecule has 2 atom stereocenters. The molecule has 2 fully saturated rings. The van der Waals surface area contributed by atoms with E-state index in [1.165, 1.54) is 0 Å². The number of carbonyl (C=O) groups excluding carboxylic acids is 5. The summed E-state index contributed by atoms with van der Waals surface area (Å²) in [5.74, 6) is -1.27. The number of nitrogens with zero attached hydrogens (tertiary/aromatic N) is 3. The van der Waals surface area contributed by atoms with Crippen molar-refractivity contribution in [3.63, 3.8) is 0 Å². The second-order valence-electron chi connectivity index (χ2n) is 12.2. The van der Waals surface area contributed by atoms with Crippen LogP contribution in [-0.4, -0.2) is 76.5 Å². The Morgan fingerprint density at radius 3 is 2.57 bits per heavy atom. The fraction of sp³-hybridized carbons (Fsp3) is 0.314. The number of nitrogens with one attached hydrogen (secondary N) is 3. The number of benzene rings is 2. The Balaban J connectivity index is 0.945. The topological polar surface area (TPSA) is 154 Å². The van der Waals surface area contributed by atoms with Gasteiger partial charge in [-0.05, 0) is 68.6 Å². The average Bonchev–Trinajstić information content (AvgIpc) is 3.62. The molecule has 2 aromatic heterocycles. The van der Waals surface area contributed by atoms with Gasteiger partial charge in [-0.2, -0.15) is 0 Å². The summed E-state index contributed by atoms with van der Waals surface area (Å²) in [5.41, 5.74) is 2.63. The van der Waals surface area contributed by atoms with Crippen LogP contribution in [0, 0.1) is 5.92 Å². The van der Waals surface area contributed by atoms with Crippen LogP contribution in [0.4, 0.5) is 5.69 Å². The van der Waals surface area contributed by atoms with Gasteiger partial charge in [-0.3, -0.25) is 44.1 Å². The Kier molecular flexibility index (Phi) is 8.25. The number of likely N-dealkylation sites (tertiary alicyclic amines) is 1. The Labute approximate surface area is 270 Å². The number of pyridine rings is 1. The maximum absolute atomic E-state index is 13.4. The lowest BCUT2D eigenvalue weighted by molar-refractivity contribution is -0.136. The van der Waals surface area contributed by atoms with Crippen molar-refractivity contribution in [2.45, 2.75) is 37.8 Å². The maximum atomic E-state index is 13.4. The van der Waals surface area contributed by atoms with Gasteiger partial charge in [0.25, 0.3) is 11.8 Å². The monoisotopic (exact) mass is 634 g/mol. The first-order valence-electron chi connectivity index (χ1n) is 15.8. The highest BCUT2D eigenvalue weighted by Crippen LogP contribution is 2.33. The highest BCUT2D eigenvalue weighted by molar-refractivity contribution is 6.25. The number of furan rings is 1. The Hall–Kier alpha value is -5.36. The molecule has 0 saturated carbocycles. The first-order chi connectivity index (χ1) is 22.9. The van der Waals surface area contributed by atoms with E-state index in [1.807, 2.05) is 42.5 Å². The van der Waals surface area contributed by atoms with Gasteiger partial charge in [0.2, 0.25) is 17.7 Å². The van der Waals surface area contributed by atoms with Crippen molar-refractivity contribution in [1.29, 1.82) is 0 Å². The van der Waals surface area contributed by atoms with Crippen LogP contribution in [0.2, 0.25) is 0 Å². The SMILES string of the molecule is O=C1CCC(N2C(=O)c3cccc(NCC4CCN(CC(=O)NC(c5cccnc5)c5cc6ccccc6o5)CC4)c3C2=O)C(=O)N1. The molecule has 0 spiro atoms.